The highest BCUT2D eigenvalue weighted by molar-refractivity contribution is 7.12. The van der Waals surface area contributed by atoms with Crippen LogP contribution in [0.4, 0.5) is 0 Å². The van der Waals surface area contributed by atoms with Crippen LogP contribution >= 0.6 is 11.3 Å². The highest BCUT2D eigenvalue weighted by atomic mass is 32.1. The molecule has 4 aromatic rings. The lowest BCUT2D eigenvalue weighted by Crippen LogP contribution is -2.11. The molecule has 0 aliphatic rings. The fourth-order valence-electron chi connectivity index (χ4n) is 3.66. The first kappa shape index (κ1) is 20.7. The summed E-state index contributed by atoms with van der Waals surface area (Å²) in [4.78, 5) is 41.9. The van der Waals surface area contributed by atoms with Gasteiger partial charge in [0.25, 0.3) is 0 Å². The van der Waals surface area contributed by atoms with E-state index in [0.717, 1.165) is 28.4 Å². The normalized spacial score (nSPS) is 11.8. The Hall–Kier alpha value is -3.58. The standard InChI is InChI=1S/C24H20N2O4S/c1-4-26-20-9-7-16(23(28)14(2)25-30-15(3)27)12-18(20)19-13-17(8-10-21(19)26)24(29)22-6-5-11-31-22/h5-13H,4H2,1-3H3/b25-14-. The lowest BCUT2D eigenvalue weighted by atomic mass is 10.0. The number of carbonyl (C=O) groups is 3. The molecule has 0 fully saturated rings. The average Bonchev–Trinajstić information content (AvgIpc) is 3.42. The lowest BCUT2D eigenvalue weighted by molar-refractivity contribution is -0.140. The van der Waals surface area contributed by atoms with Gasteiger partial charge in [-0.25, -0.2) is 4.79 Å². The molecule has 0 unspecified atom stereocenters. The summed E-state index contributed by atoms with van der Waals surface area (Å²) in [6, 6.07) is 14.8. The van der Waals surface area contributed by atoms with Crippen LogP contribution < -0.4 is 0 Å². The van der Waals surface area contributed by atoms with Crippen molar-refractivity contribution >= 4 is 56.4 Å². The Bertz CT molecular complexity index is 1360. The van der Waals surface area contributed by atoms with Crippen molar-refractivity contribution in [2.45, 2.75) is 27.3 Å². The third kappa shape index (κ3) is 3.80. The minimum atomic E-state index is -0.587. The van der Waals surface area contributed by atoms with Crippen molar-refractivity contribution < 1.29 is 19.2 Å². The summed E-state index contributed by atoms with van der Waals surface area (Å²) < 4.78 is 2.15. The summed E-state index contributed by atoms with van der Waals surface area (Å²) in [5, 5.41) is 7.26. The van der Waals surface area contributed by atoms with Crippen LogP contribution in [0.3, 0.4) is 0 Å². The van der Waals surface area contributed by atoms with Crippen LogP contribution in [0, 0.1) is 0 Å². The average molecular weight is 433 g/mol. The molecule has 2 aromatic heterocycles. The summed E-state index contributed by atoms with van der Waals surface area (Å²) in [5.74, 6) is -0.936. The zero-order valence-electron chi connectivity index (χ0n) is 17.3. The predicted molar refractivity (Wildman–Crippen MR) is 122 cm³/mol. The largest absolute Gasteiger partial charge is 0.341 e. The number of thiophene rings is 1. The van der Waals surface area contributed by atoms with Crippen LogP contribution in [0.1, 0.15) is 46.4 Å². The van der Waals surface area contributed by atoms with E-state index in [0.29, 0.717) is 16.0 Å². The minimum Gasteiger partial charge on any atom is -0.341 e. The fraction of sp³-hybridized carbons (Fsp3) is 0.167. The number of oxime groups is 1. The van der Waals surface area contributed by atoms with Gasteiger partial charge in [0.2, 0.25) is 11.6 Å². The zero-order chi connectivity index (χ0) is 22.1. The lowest BCUT2D eigenvalue weighted by Gasteiger charge is -2.04. The summed E-state index contributed by atoms with van der Waals surface area (Å²) in [7, 11) is 0. The molecule has 7 heteroatoms. The monoisotopic (exact) mass is 432 g/mol. The van der Waals surface area contributed by atoms with E-state index in [1.165, 1.54) is 25.2 Å². The number of hydrogen-bond donors (Lipinski definition) is 0. The summed E-state index contributed by atoms with van der Waals surface area (Å²) >= 11 is 1.41. The molecule has 6 nitrogen and oxygen atoms in total. The van der Waals surface area contributed by atoms with Gasteiger partial charge in [-0.1, -0.05) is 11.2 Å². The highest BCUT2D eigenvalue weighted by Crippen LogP contribution is 2.31. The molecule has 0 saturated heterocycles. The Balaban J connectivity index is 1.85. The molecule has 2 aromatic carbocycles. The highest BCUT2D eigenvalue weighted by Gasteiger charge is 2.17. The maximum Gasteiger partial charge on any atom is 0.331 e. The predicted octanol–water partition coefficient (Wildman–Crippen LogP) is 5.23. The van der Waals surface area contributed by atoms with Crippen LogP contribution in [-0.4, -0.2) is 27.8 Å². The van der Waals surface area contributed by atoms with Gasteiger partial charge in [0.15, 0.2) is 0 Å². The third-order valence-electron chi connectivity index (χ3n) is 5.09. The molecule has 0 N–H and O–H groups in total. The van der Waals surface area contributed by atoms with Crippen molar-refractivity contribution in [3.05, 3.63) is 69.9 Å². The number of carbonyl (C=O) groups excluding carboxylic acids is 3. The Morgan fingerprint density at radius 2 is 1.61 bits per heavy atom. The number of fused-ring (bicyclic) bond motifs is 3. The van der Waals surface area contributed by atoms with Crippen LogP contribution in [0.2, 0.25) is 0 Å². The molecule has 2 heterocycles. The smallest absolute Gasteiger partial charge is 0.331 e. The Morgan fingerprint density at radius 1 is 0.968 bits per heavy atom. The van der Waals surface area contributed by atoms with Crippen LogP contribution in [-0.2, 0) is 16.2 Å². The number of rotatable bonds is 6. The van der Waals surface area contributed by atoms with Gasteiger partial charge in [0, 0.05) is 46.4 Å². The van der Waals surface area contributed by atoms with Gasteiger partial charge in [-0.2, -0.15) is 0 Å². The van der Waals surface area contributed by atoms with Gasteiger partial charge < -0.3 is 9.40 Å². The van der Waals surface area contributed by atoms with Crippen molar-refractivity contribution in [3.8, 4) is 0 Å². The molecule has 4 rings (SSSR count). The number of Topliss-reactive ketones (excluding diaryl/α,β-unsaturated/α-hetero) is 1. The molecule has 0 aliphatic heterocycles. The zero-order valence-corrected chi connectivity index (χ0v) is 18.2. The van der Waals surface area contributed by atoms with Crippen molar-refractivity contribution in [3.63, 3.8) is 0 Å². The topological polar surface area (TPSA) is 77.7 Å². The number of hydrogen-bond acceptors (Lipinski definition) is 6. The first-order valence-corrected chi connectivity index (χ1v) is 10.7. The van der Waals surface area contributed by atoms with Gasteiger partial charge in [0.05, 0.1) is 4.88 Å². The number of aromatic nitrogens is 1. The Kier molecular flexibility index (Phi) is 5.52. The first-order valence-electron chi connectivity index (χ1n) is 9.81. The molecule has 31 heavy (non-hydrogen) atoms. The quantitative estimate of drug-likeness (QED) is 0.181. The molecule has 0 radical (unpaired) electrons. The summed E-state index contributed by atoms with van der Waals surface area (Å²) in [6.07, 6.45) is 0. The number of ketones is 2. The van der Waals surface area contributed by atoms with Crippen LogP contribution in [0.5, 0.6) is 0 Å². The number of aryl methyl sites for hydroxylation is 1. The molecule has 156 valence electrons. The van der Waals surface area contributed by atoms with E-state index in [1.54, 1.807) is 12.1 Å². The maximum atomic E-state index is 12.8. The molecular weight excluding hydrogens is 412 g/mol. The van der Waals surface area contributed by atoms with Gasteiger partial charge in [0.1, 0.15) is 5.71 Å². The van der Waals surface area contributed by atoms with Crippen LogP contribution in [0.25, 0.3) is 21.8 Å². The maximum absolute atomic E-state index is 12.8. The van der Waals surface area contributed by atoms with E-state index in [2.05, 4.69) is 21.5 Å². The molecule has 0 atom stereocenters. The molecule has 0 spiro atoms. The minimum absolute atomic E-state index is 0.0223. The molecule has 0 amide bonds. The second kappa shape index (κ2) is 8.28. The number of nitrogens with zero attached hydrogens (tertiary/aromatic N) is 2. The van der Waals surface area contributed by atoms with E-state index in [-0.39, 0.29) is 17.3 Å². The third-order valence-corrected chi connectivity index (χ3v) is 5.96. The van der Waals surface area contributed by atoms with E-state index >= 15 is 0 Å². The summed E-state index contributed by atoms with van der Waals surface area (Å²) in [6.45, 7) is 5.53. The first-order chi connectivity index (χ1) is 14.9. The SMILES string of the molecule is CCn1c2ccc(C(=O)/C(C)=N\OC(C)=O)cc2c2cc(C(=O)c3cccs3)ccc21. The van der Waals surface area contributed by atoms with Gasteiger partial charge in [-0.3, -0.25) is 9.59 Å². The van der Waals surface area contributed by atoms with E-state index in [1.807, 2.05) is 41.8 Å². The second-order valence-corrected chi connectivity index (χ2v) is 8.05. The van der Waals surface area contributed by atoms with Crippen LogP contribution in [0.15, 0.2) is 59.1 Å². The van der Waals surface area contributed by atoms with E-state index in [4.69, 9.17) is 0 Å². The van der Waals surface area contributed by atoms with Gasteiger partial charge in [-0.15, -0.1) is 11.3 Å². The van der Waals surface area contributed by atoms with Gasteiger partial charge >= 0.3 is 5.97 Å². The Labute approximate surface area is 182 Å². The summed E-state index contributed by atoms with van der Waals surface area (Å²) in [5.41, 5.74) is 3.10. The Morgan fingerprint density at radius 3 is 2.19 bits per heavy atom. The van der Waals surface area contributed by atoms with E-state index in [9.17, 15) is 14.4 Å². The van der Waals surface area contributed by atoms with Crippen molar-refractivity contribution in [1.82, 2.24) is 4.57 Å². The molecule has 0 bridgehead atoms. The molecule has 0 saturated carbocycles. The fourth-order valence-corrected chi connectivity index (χ4v) is 4.35. The van der Waals surface area contributed by atoms with Crippen molar-refractivity contribution in [2.24, 2.45) is 5.16 Å². The number of benzene rings is 2. The van der Waals surface area contributed by atoms with E-state index < -0.39 is 5.97 Å². The molecule has 0 aliphatic carbocycles. The van der Waals surface area contributed by atoms with Gasteiger partial charge in [-0.05, 0) is 61.7 Å². The van der Waals surface area contributed by atoms with Crippen molar-refractivity contribution in [2.75, 3.05) is 0 Å². The molecular formula is C24H20N2O4S. The van der Waals surface area contributed by atoms with Crippen molar-refractivity contribution in [1.29, 1.82) is 0 Å². The second-order valence-electron chi connectivity index (χ2n) is 7.10.